The van der Waals surface area contributed by atoms with Crippen LogP contribution in [-0.4, -0.2) is 37.3 Å². The first-order chi connectivity index (χ1) is 7.77. The van der Waals surface area contributed by atoms with Crippen LogP contribution in [0.1, 0.15) is 23.7 Å². The van der Waals surface area contributed by atoms with Crippen molar-refractivity contribution in [2.75, 3.05) is 26.9 Å². The first kappa shape index (κ1) is 12.9. The van der Waals surface area contributed by atoms with E-state index in [2.05, 4.69) is 0 Å². The minimum Gasteiger partial charge on any atom is -0.382 e. The van der Waals surface area contributed by atoms with Gasteiger partial charge >= 0.3 is 0 Å². The number of Topliss-reactive ketones (excluding diaryl/α,β-unsaturated/α-hetero) is 1. The van der Waals surface area contributed by atoms with Crippen LogP contribution in [0.3, 0.4) is 0 Å². The van der Waals surface area contributed by atoms with Gasteiger partial charge in [-0.05, 0) is 6.07 Å². The molecule has 0 aliphatic rings. The van der Waals surface area contributed by atoms with Crippen molar-refractivity contribution in [3.8, 4) is 0 Å². The van der Waals surface area contributed by atoms with Crippen LogP contribution in [0.2, 0.25) is 0 Å². The lowest BCUT2D eigenvalue weighted by Crippen LogP contribution is -2.08. The third-order valence-electron chi connectivity index (χ3n) is 2.32. The number of rotatable bonds is 8. The molecule has 0 saturated heterocycles. The average molecular weight is 225 g/mol. The van der Waals surface area contributed by atoms with Gasteiger partial charge in [0.2, 0.25) is 0 Å². The second-order valence-electron chi connectivity index (χ2n) is 3.52. The van der Waals surface area contributed by atoms with Gasteiger partial charge in [0, 0.05) is 38.0 Å². The molecule has 0 amide bonds. The Labute approximate surface area is 96.2 Å². The third kappa shape index (κ3) is 4.16. The Morgan fingerprint density at radius 1 is 1.38 bits per heavy atom. The number of ketones is 1. The van der Waals surface area contributed by atoms with Crippen molar-refractivity contribution in [3.05, 3.63) is 24.0 Å². The predicted octanol–water partition coefficient (Wildman–Crippen LogP) is 1.74. The molecular formula is C12H19NO3. The summed E-state index contributed by atoms with van der Waals surface area (Å²) in [7, 11) is 1.65. The van der Waals surface area contributed by atoms with Gasteiger partial charge in [-0.1, -0.05) is 6.92 Å². The Hall–Kier alpha value is -1.13. The molecule has 1 aromatic rings. The molecule has 16 heavy (non-hydrogen) atoms. The van der Waals surface area contributed by atoms with E-state index in [4.69, 9.17) is 9.47 Å². The zero-order valence-electron chi connectivity index (χ0n) is 9.94. The second-order valence-corrected chi connectivity index (χ2v) is 3.52. The fourth-order valence-corrected chi connectivity index (χ4v) is 1.36. The van der Waals surface area contributed by atoms with E-state index in [1.54, 1.807) is 7.11 Å². The predicted molar refractivity (Wildman–Crippen MR) is 61.7 cm³/mol. The fraction of sp³-hybridized carbons (Fsp3) is 0.583. The SMILES string of the molecule is CCC(=O)c1ccn(CCOCCOC)c1. The molecule has 0 unspecified atom stereocenters. The molecule has 1 rings (SSSR count). The van der Waals surface area contributed by atoms with Crippen LogP contribution in [0.5, 0.6) is 0 Å². The monoisotopic (exact) mass is 225 g/mol. The summed E-state index contributed by atoms with van der Waals surface area (Å²) in [5.41, 5.74) is 0.777. The zero-order valence-corrected chi connectivity index (χ0v) is 9.94. The van der Waals surface area contributed by atoms with E-state index in [1.165, 1.54) is 0 Å². The van der Waals surface area contributed by atoms with E-state index in [0.29, 0.717) is 26.2 Å². The molecule has 0 aromatic carbocycles. The smallest absolute Gasteiger partial charge is 0.164 e. The molecule has 4 nitrogen and oxygen atoms in total. The maximum Gasteiger partial charge on any atom is 0.164 e. The van der Waals surface area contributed by atoms with Crippen LogP contribution < -0.4 is 0 Å². The van der Waals surface area contributed by atoms with Gasteiger partial charge in [0.25, 0.3) is 0 Å². The number of nitrogens with zero attached hydrogens (tertiary/aromatic N) is 1. The summed E-state index contributed by atoms with van der Waals surface area (Å²) in [4.78, 5) is 11.4. The van der Waals surface area contributed by atoms with Crippen LogP contribution >= 0.6 is 0 Å². The molecule has 1 heterocycles. The zero-order chi connectivity index (χ0) is 11.8. The molecule has 1 aromatic heterocycles. The van der Waals surface area contributed by atoms with Crippen molar-refractivity contribution in [2.45, 2.75) is 19.9 Å². The van der Waals surface area contributed by atoms with Gasteiger partial charge in [0.05, 0.1) is 19.8 Å². The Bertz CT molecular complexity index is 320. The number of methoxy groups -OCH3 is 1. The quantitative estimate of drug-likeness (QED) is 0.500. The Morgan fingerprint density at radius 3 is 2.88 bits per heavy atom. The van der Waals surface area contributed by atoms with E-state index in [-0.39, 0.29) is 5.78 Å². The number of carbonyl (C=O) groups excluding carboxylic acids is 1. The fourth-order valence-electron chi connectivity index (χ4n) is 1.36. The van der Waals surface area contributed by atoms with Crippen molar-refractivity contribution in [2.24, 2.45) is 0 Å². The number of ether oxygens (including phenoxy) is 2. The normalized spacial score (nSPS) is 10.6. The first-order valence-electron chi connectivity index (χ1n) is 5.53. The summed E-state index contributed by atoms with van der Waals surface area (Å²) in [6.07, 6.45) is 4.32. The number of carbonyl (C=O) groups is 1. The molecule has 0 aliphatic carbocycles. The van der Waals surface area contributed by atoms with Crippen molar-refractivity contribution < 1.29 is 14.3 Å². The average Bonchev–Trinajstić information content (AvgIpc) is 2.76. The summed E-state index contributed by atoms with van der Waals surface area (Å²) >= 11 is 0. The number of hydrogen-bond acceptors (Lipinski definition) is 3. The molecule has 90 valence electrons. The number of aromatic nitrogens is 1. The van der Waals surface area contributed by atoms with Crippen LogP contribution in [0.25, 0.3) is 0 Å². The highest BCUT2D eigenvalue weighted by molar-refractivity contribution is 5.95. The Balaban J connectivity index is 2.27. The lowest BCUT2D eigenvalue weighted by Gasteiger charge is -2.04. The van der Waals surface area contributed by atoms with E-state index < -0.39 is 0 Å². The molecular weight excluding hydrogens is 206 g/mol. The Kier molecular flexibility index (Phi) is 5.82. The molecule has 0 aliphatic heterocycles. The van der Waals surface area contributed by atoms with Crippen LogP contribution in [0.4, 0.5) is 0 Å². The molecule has 0 atom stereocenters. The third-order valence-corrected chi connectivity index (χ3v) is 2.32. The van der Waals surface area contributed by atoms with Crippen LogP contribution in [-0.2, 0) is 16.0 Å². The van der Waals surface area contributed by atoms with Gasteiger partial charge in [0.1, 0.15) is 0 Å². The lowest BCUT2D eigenvalue weighted by molar-refractivity contribution is 0.0666. The second kappa shape index (κ2) is 7.19. The first-order valence-corrected chi connectivity index (χ1v) is 5.53. The standard InChI is InChI=1S/C12H19NO3/c1-3-12(14)11-4-5-13(10-11)6-7-16-9-8-15-2/h4-5,10H,3,6-9H2,1-2H3. The molecule has 4 heteroatoms. The molecule has 0 spiro atoms. The number of hydrogen-bond donors (Lipinski definition) is 0. The van der Waals surface area contributed by atoms with E-state index in [1.807, 2.05) is 30.0 Å². The summed E-state index contributed by atoms with van der Waals surface area (Å²) in [5, 5.41) is 0. The van der Waals surface area contributed by atoms with Crippen molar-refractivity contribution in [1.29, 1.82) is 0 Å². The van der Waals surface area contributed by atoms with Crippen LogP contribution in [0, 0.1) is 0 Å². The highest BCUT2D eigenvalue weighted by Gasteiger charge is 2.04. The van der Waals surface area contributed by atoms with Crippen LogP contribution in [0.15, 0.2) is 18.5 Å². The summed E-state index contributed by atoms with van der Waals surface area (Å²) in [6.45, 7) is 4.50. The minimum atomic E-state index is 0.180. The van der Waals surface area contributed by atoms with Crippen molar-refractivity contribution in [3.63, 3.8) is 0 Å². The largest absolute Gasteiger partial charge is 0.382 e. The van der Waals surface area contributed by atoms with Gasteiger partial charge in [-0.3, -0.25) is 4.79 Å². The maximum atomic E-state index is 11.4. The van der Waals surface area contributed by atoms with E-state index in [0.717, 1.165) is 12.1 Å². The van der Waals surface area contributed by atoms with E-state index >= 15 is 0 Å². The topological polar surface area (TPSA) is 40.5 Å². The van der Waals surface area contributed by atoms with E-state index in [9.17, 15) is 4.79 Å². The Morgan fingerprint density at radius 2 is 2.19 bits per heavy atom. The minimum absolute atomic E-state index is 0.180. The summed E-state index contributed by atoms with van der Waals surface area (Å²) in [5.74, 6) is 0.180. The highest BCUT2D eigenvalue weighted by Crippen LogP contribution is 2.04. The van der Waals surface area contributed by atoms with Gasteiger partial charge in [-0.2, -0.15) is 0 Å². The molecule has 0 saturated carbocycles. The van der Waals surface area contributed by atoms with Crippen molar-refractivity contribution in [1.82, 2.24) is 4.57 Å². The van der Waals surface area contributed by atoms with Gasteiger partial charge in [-0.25, -0.2) is 0 Å². The summed E-state index contributed by atoms with van der Waals surface area (Å²) in [6, 6.07) is 1.85. The van der Waals surface area contributed by atoms with Gasteiger partial charge in [-0.15, -0.1) is 0 Å². The maximum absolute atomic E-state index is 11.4. The molecule has 0 radical (unpaired) electrons. The molecule has 0 N–H and O–H groups in total. The van der Waals surface area contributed by atoms with Gasteiger partial charge in [0.15, 0.2) is 5.78 Å². The summed E-state index contributed by atoms with van der Waals surface area (Å²) < 4.78 is 12.2. The molecule has 0 fully saturated rings. The van der Waals surface area contributed by atoms with Gasteiger partial charge < -0.3 is 14.0 Å². The molecule has 0 bridgehead atoms. The van der Waals surface area contributed by atoms with Crippen molar-refractivity contribution >= 4 is 5.78 Å². The lowest BCUT2D eigenvalue weighted by atomic mass is 10.2. The highest BCUT2D eigenvalue weighted by atomic mass is 16.5.